The van der Waals surface area contributed by atoms with E-state index in [1.54, 1.807) is 7.11 Å². The van der Waals surface area contributed by atoms with Gasteiger partial charge in [-0.3, -0.25) is 0 Å². The van der Waals surface area contributed by atoms with Crippen molar-refractivity contribution in [1.82, 2.24) is 0 Å². The van der Waals surface area contributed by atoms with Gasteiger partial charge in [-0.1, -0.05) is 0 Å². The zero-order chi connectivity index (χ0) is 27.7. The normalized spacial score (nSPS) is 29.2. The van der Waals surface area contributed by atoms with E-state index in [1.807, 2.05) is 0 Å². The summed E-state index contributed by atoms with van der Waals surface area (Å²) in [5.41, 5.74) is -0.262. The number of rotatable bonds is 16. The minimum atomic E-state index is -2.75. The van der Waals surface area contributed by atoms with E-state index >= 15 is 0 Å². The van der Waals surface area contributed by atoms with E-state index in [-0.39, 0.29) is 23.2 Å². The van der Waals surface area contributed by atoms with Crippen molar-refractivity contribution in [3.63, 3.8) is 0 Å². The summed E-state index contributed by atoms with van der Waals surface area (Å²) < 4.78 is 36.8. The molecule has 0 spiro atoms. The molecule has 1 unspecified atom stereocenters. The van der Waals surface area contributed by atoms with E-state index in [0.29, 0.717) is 16.8 Å². The molecule has 220 valence electrons. The summed E-state index contributed by atoms with van der Waals surface area (Å²) in [4.78, 5) is 0. The summed E-state index contributed by atoms with van der Waals surface area (Å²) in [6, 6.07) is 0. The first kappa shape index (κ1) is 33.8. The van der Waals surface area contributed by atoms with E-state index < -0.39 is 24.2 Å². The fraction of sp³-hybridized carbons (Fsp3) is 1.00. The predicted molar refractivity (Wildman–Crippen MR) is 157 cm³/mol. The van der Waals surface area contributed by atoms with Crippen LogP contribution in [0.3, 0.4) is 0 Å². The SMILES string of the molecule is CCC[CH2][Sn]([CH2]CCC)([CH2]CCC)[CH](C[C@]1(C)[C@@H](OC(C)(C)C)CC[C@@H]2OC(C)(C)OC[C@@H]21)OCOC. The van der Waals surface area contributed by atoms with E-state index in [1.165, 1.54) is 51.8 Å². The van der Waals surface area contributed by atoms with Gasteiger partial charge in [0, 0.05) is 0 Å². The molecule has 2 fully saturated rings. The molecular formula is C31H62O5Sn. The molecule has 37 heavy (non-hydrogen) atoms. The molecule has 0 aromatic rings. The van der Waals surface area contributed by atoms with Crippen LogP contribution in [0.5, 0.6) is 0 Å². The van der Waals surface area contributed by atoms with Gasteiger partial charge in [0.25, 0.3) is 0 Å². The molecule has 1 aliphatic heterocycles. The van der Waals surface area contributed by atoms with Gasteiger partial charge in [0.05, 0.1) is 0 Å². The van der Waals surface area contributed by atoms with Crippen LogP contribution in [0.2, 0.25) is 13.3 Å². The summed E-state index contributed by atoms with van der Waals surface area (Å²) in [5.74, 6) is -0.208. The van der Waals surface area contributed by atoms with Crippen molar-refractivity contribution in [3.05, 3.63) is 0 Å². The molecule has 0 N–H and O–H groups in total. The third-order valence-electron chi connectivity index (χ3n) is 9.07. The molecule has 6 heteroatoms. The quantitative estimate of drug-likeness (QED) is 0.126. The third-order valence-corrected chi connectivity index (χ3v) is 25.6. The Morgan fingerprint density at radius 1 is 0.919 bits per heavy atom. The molecule has 0 aromatic carbocycles. The summed E-state index contributed by atoms with van der Waals surface area (Å²) in [6.45, 7) is 21.4. The second-order valence-electron chi connectivity index (χ2n) is 13.7. The Morgan fingerprint density at radius 3 is 1.97 bits per heavy atom. The first-order chi connectivity index (χ1) is 17.4. The number of hydrogen-bond donors (Lipinski definition) is 0. The van der Waals surface area contributed by atoms with Gasteiger partial charge in [-0.15, -0.1) is 0 Å². The van der Waals surface area contributed by atoms with Crippen molar-refractivity contribution in [1.29, 1.82) is 0 Å². The summed E-state index contributed by atoms with van der Waals surface area (Å²) >= 11 is -2.75. The Hall–Kier alpha value is 0.599. The van der Waals surface area contributed by atoms with Crippen LogP contribution in [0, 0.1) is 11.3 Å². The van der Waals surface area contributed by atoms with Gasteiger partial charge in [0.2, 0.25) is 0 Å². The molecule has 0 radical (unpaired) electrons. The van der Waals surface area contributed by atoms with Crippen molar-refractivity contribution in [2.75, 3.05) is 20.5 Å². The van der Waals surface area contributed by atoms with Gasteiger partial charge < -0.3 is 0 Å². The number of ether oxygens (including phenoxy) is 5. The second-order valence-corrected chi connectivity index (χ2v) is 27.6. The average molecular weight is 634 g/mol. The molecule has 2 aliphatic rings. The van der Waals surface area contributed by atoms with Gasteiger partial charge in [-0.2, -0.15) is 0 Å². The third kappa shape index (κ3) is 9.59. The van der Waals surface area contributed by atoms with E-state index in [4.69, 9.17) is 23.7 Å². The van der Waals surface area contributed by atoms with Crippen LogP contribution < -0.4 is 0 Å². The molecule has 5 atom stereocenters. The zero-order valence-corrected chi connectivity index (χ0v) is 29.1. The molecule has 1 aliphatic carbocycles. The molecule has 0 amide bonds. The van der Waals surface area contributed by atoms with Crippen LogP contribution >= 0.6 is 0 Å². The van der Waals surface area contributed by atoms with Gasteiger partial charge >= 0.3 is 235 Å². The van der Waals surface area contributed by atoms with Crippen molar-refractivity contribution in [2.45, 2.75) is 161 Å². The van der Waals surface area contributed by atoms with E-state index in [9.17, 15) is 0 Å². The Labute approximate surface area is 234 Å². The number of hydrogen-bond acceptors (Lipinski definition) is 5. The standard InChI is InChI=1S/C19H35O5.3C4H9.Sn/c1-17(2,3)24-16-9-8-15-14(12-22-18(4,5)23-15)19(16,6)10-11-21-13-20-7;3*1-3-4-2;/h11,14-16H,8-10,12-13H2,1-7H3;3*1,3-4H2,2H3;/t14-,15-,16-,19-;;;;/m0..../s1. The van der Waals surface area contributed by atoms with Crippen LogP contribution in [-0.4, -0.2) is 66.6 Å². The van der Waals surface area contributed by atoms with Gasteiger partial charge in [-0.25, -0.2) is 0 Å². The van der Waals surface area contributed by atoms with Crippen LogP contribution in [0.15, 0.2) is 0 Å². The first-order valence-corrected chi connectivity index (χ1v) is 23.2. The zero-order valence-electron chi connectivity index (χ0n) is 26.3. The molecule has 0 bridgehead atoms. The van der Waals surface area contributed by atoms with Gasteiger partial charge in [0.1, 0.15) is 0 Å². The maximum absolute atomic E-state index is 6.88. The molecular weight excluding hydrogens is 571 g/mol. The predicted octanol–water partition coefficient (Wildman–Crippen LogP) is 8.51. The molecule has 5 nitrogen and oxygen atoms in total. The molecule has 1 saturated carbocycles. The fourth-order valence-electron chi connectivity index (χ4n) is 6.99. The molecule has 2 rings (SSSR count). The van der Waals surface area contributed by atoms with Crippen molar-refractivity contribution in [3.8, 4) is 0 Å². The second kappa shape index (κ2) is 15.0. The van der Waals surface area contributed by atoms with Crippen LogP contribution in [0.4, 0.5) is 0 Å². The number of unbranched alkanes of at least 4 members (excludes halogenated alkanes) is 3. The van der Waals surface area contributed by atoms with Crippen molar-refractivity contribution < 1.29 is 23.7 Å². The Morgan fingerprint density at radius 2 is 1.49 bits per heavy atom. The van der Waals surface area contributed by atoms with E-state index in [0.717, 1.165) is 25.9 Å². The Balaban J connectivity index is 2.53. The Bertz CT molecular complexity index is 626. The monoisotopic (exact) mass is 634 g/mol. The van der Waals surface area contributed by atoms with E-state index in [2.05, 4.69) is 62.3 Å². The minimum absolute atomic E-state index is 0.0715. The molecule has 1 heterocycles. The summed E-state index contributed by atoms with van der Waals surface area (Å²) in [7, 11) is 1.77. The van der Waals surface area contributed by atoms with Gasteiger partial charge in [-0.05, 0) is 0 Å². The maximum atomic E-state index is 6.88. The van der Waals surface area contributed by atoms with Crippen LogP contribution in [0.25, 0.3) is 0 Å². The number of methoxy groups -OCH3 is 1. The van der Waals surface area contributed by atoms with Crippen LogP contribution in [-0.2, 0) is 23.7 Å². The fourth-order valence-corrected chi connectivity index (χ4v) is 24.6. The van der Waals surface area contributed by atoms with Crippen molar-refractivity contribution in [2.24, 2.45) is 11.3 Å². The molecule has 0 aromatic heterocycles. The van der Waals surface area contributed by atoms with Crippen molar-refractivity contribution >= 4 is 18.4 Å². The Kier molecular flexibility index (Phi) is 13.7. The number of fused-ring (bicyclic) bond motifs is 1. The average Bonchev–Trinajstić information content (AvgIpc) is 2.82. The summed E-state index contributed by atoms with van der Waals surface area (Å²) in [6.07, 6.45) is 11.3. The van der Waals surface area contributed by atoms with Crippen LogP contribution in [0.1, 0.15) is 120 Å². The topological polar surface area (TPSA) is 46.2 Å². The first-order valence-electron chi connectivity index (χ1n) is 15.5. The van der Waals surface area contributed by atoms with Gasteiger partial charge in [0.15, 0.2) is 0 Å². The molecule has 1 saturated heterocycles. The summed E-state index contributed by atoms with van der Waals surface area (Å²) in [5, 5.41) is 0.